The van der Waals surface area contributed by atoms with Crippen molar-refractivity contribution in [3.05, 3.63) is 70.4 Å². The molecule has 2 amide bonds. The number of thiophene rings is 1. The molecule has 0 radical (unpaired) electrons. The average molecular weight is 356 g/mol. The fraction of sp³-hybridized carbons (Fsp3) is 0.158. The van der Waals surface area contributed by atoms with E-state index in [0.29, 0.717) is 17.0 Å². The number of hydrogen-bond donors (Lipinski definition) is 2. The lowest BCUT2D eigenvalue weighted by Crippen LogP contribution is -2.34. The van der Waals surface area contributed by atoms with Crippen LogP contribution in [0.3, 0.4) is 0 Å². The van der Waals surface area contributed by atoms with Crippen LogP contribution in [0.25, 0.3) is 10.1 Å². The Morgan fingerprint density at radius 1 is 1.00 bits per heavy atom. The van der Waals surface area contributed by atoms with Gasteiger partial charge >= 0.3 is 0 Å². The third-order valence-electron chi connectivity index (χ3n) is 3.78. The van der Waals surface area contributed by atoms with Crippen LogP contribution in [0.1, 0.15) is 25.6 Å². The first-order chi connectivity index (χ1) is 12.0. The predicted molar refractivity (Wildman–Crippen MR) is 97.6 cm³/mol. The molecule has 0 aliphatic rings. The van der Waals surface area contributed by atoms with Crippen molar-refractivity contribution in [3.63, 3.8) is 0 Å². The summed E-state index contributed by atoms with van der Waals surface area (Å²) in [6, 6.07) is 14.0. The molecule has 0 saturated carbocycles. The van der Waals surface area contributed by atoms with Crippen LogP contribution in [-0.4, -0.2) is 24.9 Å². The van der Waals surface area contributed by atoms with Gasteiger partial charge in [-0.25, -0.2) is 4.39 Å². The van der Waals surface area contributed by atoms with Crippen molar-refractivity contribution < 1.29 is 14.0 Å². The van der Waals surface area contributed by atoms with Crippen molar-refractivity contribution in [2.24, 2.45) is 0 Å². The van der Waals surface area contributed by atoms with E-state index in [-0.39, 0.29) is 23.9 Å². The van der Waals surface area contributed by atoms with Gasteiger partial charge in [0.05, 0.1) is 4.88 Å². The number of hydrogen-bond acceptors (Lipinski definition) is 3. The van der Waals surface area contributed by atoms with Gasteiger partial charge in [0.15, 0.2) is 0 Å². The van der Waals surface area contributed by atoms with Crippen LogP contribution in [0.4, 0.5) is 4.39 Å². The second-order valence-corrected chi connectivity index (χ2v) is 6.71. The molecule has 0 atom stereocenters. The van der Waals surface area contributed by atoms with Gasteiger partial charge in [0, 0.05) is 23.4 Å². The van der Waals surface area contributed by atoms with Crippen LogP contribution in [0, 0.1) is 12.7 Å². The molecule has 3 rings (SSSR count). The molecule has 0 bridgehead atoms. The first-order valence-electron chi connectivity index (χ1n) is 7.86. The third-order valence-corrected chi connectivity index (χ3v) is 4.89. The van der Waals surface area contributed by atoms with Gasteiger partial charge in [0.2, 0.25) is 0 Å². The molecule has 0 saturated heterocycles. The van der Waals surface area contributed by atoms with Gasteiger partial charge in [-0.1, -0.05) is 24.3 Å². The second kappa shape index (κ2) is 7.44. The van der Waals surface area contributed by atoms with E-state index in [2.05, 4.69) is 10.6 Å². The molecule has 4 nitrogen and oxygen atoms in total. The van der Waals surface area contributed by atoms with Crippen molar-refractivity contribution >= 4 is 33.2 Å². The molecule has 3 aromatic rings. The summed E-state index contributed by atoms with van der Waals surface area (Å²) in [7, 11) is 0. The minimum absolute atomic E-state index is 0.170. The molecule has 0 aliphatic heterocycles. The van der Waals surface area contributed by atoms with Crippen LogP contribution in [0.5, 0.6) is 0 Å². The number of fused-ring (bicyclic) bond motifs is 1. The number of carbonyl (C=O) groups is 2. The first-order valence-corrected chi connectivity index (χ1v) is 8.67. The molecular formula is C19H17FN2O2S. The summed E-state index contributed by atoms with van der Waals surface area (Å²) in [6.45, 7) is 2.21. The predicted octanol–water partition coefficient (Wildman–Crippen LogP) is 3.51. The molecule has 6 heteroatoms. The fourth-order valence-corrected chi connectivity index (χ4v) is 3.35. The lowest BCUT2D eigenvalue weighted by Gasteiger charge is -2.07. The Morgan fingerprint density at radius 2 is 1.72 bits per heavy atom. The smallest absolute Gasteiger partial charge is 0.261 e. The molecular weight excluding hydrogens is 339 g/mol. The molecule has 0 fully saturated rings. The fourth-order valence-electron chi connectivity index (χ4n) is 2.37. The Morgan fingerprint density at radius 3 is 2.44 bits per heavy atom. The Balaban J connectivity index is 1.49. The number of nitrogens with one attached hydrogen (secondary N) is 2. The maximum atomic E-state index is 13.5. The highest BCUT2D eigenvalue weighted by atomic mass is 32.1. The maximum absolute atomic E-state index is 13.5. The molecule has 2 aromatic carbocycles. The van der Waals surface area contributed by atoms with Gasteiger partial charge in [0.25, 0.3) is 11.8 Å². The summed E-state index contributed by atoms with van der Waals surface area (Å²) in [5.41, 5.74) is 0.756. The van der Waals surface area contributed by atoms with E-state index in [0.717, 1.165) is 10.1 Å². The molecule has 25 heavy (non-hydrogen) atoms. The monoisotopic (exact) mass is 356 g/mol. The van der Waals surface area contributed by atoms with E-state index in [9.17, 15) is 14.0 Å². The Kier molecular flexibility index (Phi) is 5.09. The average Bonchev–Trinajstić information content (AvgIpc) is 3.05. The summed E-state index contributed by atoms with van der Waals surface area (Å²) in [6.07, 6.45) is 0. The third kappa shape index (κ3) is 4.03. The van der Waals surface area contributed by atoms with Crippen molar-refractivity contribution in [1.82, 2.24) is 10.6 Å². The zero-order valence-corrected chi connectivity index (χ0v) is 14.5. The number of carbonyl (C=O) groups excluding carboxylic acids is 2. The molecule has 128 valence electrons. The van der Waals surface area contributed by atoms with Crippen LogP contribution in [0.2, 0.25) is 0 Å². The summed E-state index contributed by atoms with van der Waals surface area (Å²) in [5.74, 6) is -0.947. The summed E-state index contributed by atoms with van der Waals surface area (Å²) >= 11 is 1.43. The molecule has 0 aliphatic carbocycles. The molecule has 2 N–H and O–H groups in total. The van der Waals surface area contributed by atoms with Gasteiger partial charge in [-0.2, -0.15) is 0 Å². The number of aryl methyl sites for hydroxylation is 1. The van der Waals surface area contributed by atoms with Crippen LogP contribution in [-0.2, 0) is 0 Å². The molecule has 1 aromatic heterocycles. The largest absolute Gasteiger partial charge is 0.350 e. The lowest BCUT2D eigenvalue weighted by molar-refractivity contribution is 0.0929. The van der Waals surface area contributed by atoms with Crippen molar-refractivity contribution in [2.75, 3.05) is 13.1 Å². The number of rotatable bonds is 5. The van der Waals surface area contributed by atoms with E-state index >= 15 is 0 Å². The first kappa shape index (κ1) is 17.1. The van der Waals surface area contributed by atoms with E-state index < -0.39 is 5.82 Å². The van der Waals surface area contributed by atoms with E-state index in [1.165, 1.54) is 17.4 Å². The van der Waals surface area contributed by atoms with Crippen molar-refractivity contribution in [1.29, 1.82) is 0 Å². The van der Waals surface area contributed by atoms with Crippen LogP contribution in [0.15, 0.2) is 48.5 Å². The number of halogens is 1. The quantitative estimate of drug-likeness (QED) is 0.688. The van der Waals surface area contributed by atoms with Crippen molar-refractivity contribution in [2.45, 2.75) is 6.92 Å². The van der Waals surface area contributed by atoms with Crippen LogP contribution < -0.4 is 10.6 Å². The second-order valence-electron chi connectivity index (χ2n) is 5.62. The highest BCUT2D eigenvalue weighted by Crippen LogP contribution is 2.24. The Labute approximate surface area is 148 Å². The SMILES string of the molecule is Cc1ccc(C(=O)NCCNC(=O)c2cc3ccccc3s2)cc1F. The highest BCUT2D eigenvalue weighted by molar-refractivity contribution is 7.20. The summed E-state index contributed by atoms with van der Waals surface area (Å²) in [4.78, 5) is 24.7. The topological polar surface area (TPSA) is 58.2 Å². The van der Waals surface area contributed by atoms with E-state index in [1.807, 2.05) is 30.3 Å². The minimum atomic E-state index is -0.411. The zero-order chi connectivity index (χ0) is 17.8. The van der Waals surface area contributed by atoms with Crippen molar-refractivity contribution in [3.8, 4) is 0 Å². The summed E-state index contributed by atoms with van der Waals surface area (Å²) < 4.78 is 14.5. The number of benzene rings is 2. The maximum Gasteiger partial charge on any atom is 0.261 e. The molecule has 0 unspecified atom stereocenters. The van der Waals surface area contributed by atoms with Gasteiger partial charge in [0.1, 0.15) is 5.82 Å². The summed E-state index contributed by atoms with van der Waals surface area (Å²) in [5, 5.41) is 6.47. The number of amides is 2. The molecule has 1 heterocycles. The van der Waals surface area contributed by atoms with Crippen LogP contribution >= 0.6 is 11.3 Å². The zero-order valence-electron chi connectivity index (χ0n) is 13.6. The van der Waals surface area contributed by atoms with E-state index in [1.54, 1.807) is 19.1 Å². The Bertz CT molecular complexity index is 903. The van der Waals surface area contributed by atoms with E-state index in [4.69, 9.17) is 0 Å². The molecule has 0 spiro atoms. The van der Waals surface area contributed by atoms with Gasteiger partial charge < -0.3 is 10.6 Å². The standard InChI is InChI=1S/C19H17FN2O2S/c1-12-6-7-14(10-15(12)20)18(23)21-8-9-22-19(24)17-11-13-4-2-3-5-16(13)25-17/h2-7,10-11H,8-9H2,1H3,(H,21,23)(H,22,24). The van der Waals surface area contributed by atoms with Gasteiger partial charge in [-0.15, -0.1) is 11.3 Å². The Hall–Kier alpha value is -2.73. The normalized spacial score (nSPS) is 10.6. The highest BCUT2D eigenvalue weighted by Gasteiger charge is 2.10. The lowest BCUT2D eigenvalue weighted by atomic mass is 10.1. The minimum Gasteiger partial charge on any atom is -0.350 e. The van der Waals surface area contributed by atoms with Gasteiger partial charge in [-0.3, -0.25) is 9.59 Å². The van der Waals surface area contributed by atoms with Gasteiger partial charge in [-0.05, 0) is 42.1 Å².